The predicted octanol–water partition coefficient (Wildman–Crippen LogP) is 6.88. The first kappa shape index (κ1) is 25.2. The summed E-state index contributed by atoms with van der Waals surface area (Å²) in [4.78, 5) is 12.2. The van der Waals surface area contributed by atoms with Gasteiger partial charge in [-0.2, -0.15) is 0 Å². The summed E-state index contributed by atoms with van der Waals surface area (Å²) in [5.41, 5.74) is 3.75. The van der Waals surface area contributed by atoms with Crippen molar-refractivity contribution in [2.24, 2.45) is 0 Å². The van der Waals surface area contributed by atoms with Crippen molar-refractivity contribution >= 4 is 40.9 Å². The molecule has 0 atom stereocenters. The lowest BCUT2D eigenvalue weighted by atomic mass is 10.1. The van der Waals surface area contributed by atoms with E-state index in [1.165, 1.54) is 23.9 Å². The van der Waals surface area contributed by atoms with Gasteiger partial charge in [-0.1, -0.05) is 76.9 Å². The van der Waals surface area contributed by atoms with Crippen LogP contribution in [0.1, 0.15) is 24.0 Å². The van der Waals surface area contributed by atoms with Gasteiger partial charge in [0.1, 0.15) is 5.82 Å². The molecule has 0 bridgehead atoms. The van der Waals surface area contributed by atoms with Crippen molar-refractivity contribution in [3.63, 3.8) is 0 Å². The van der Waals surface area contributed by atoms with Gasteiger partial charge in [0.15, 0.2) is 11.0 Å². The third-order valence-corrected chi connectivity index (χ3v) is 7.04. The van der Waals surface area contributed by atoms with Gasteiger partial charge in [-0.15, -0.1) is 10.2 Å². The van der Waals surface area contributed by atoms with Gasteiger partial charge in [0, 0.05) is 24.3 Å². The smallest absolute Gasteiger partial charge is 0.220 e. The number of benzene rings is 3. The molecule has 35 heavy (non-hydrogen) atoms. The molecule has 0 fully saturated rings. The normalized spacial score (nSPS) is 11.0. The van der Waals surface area contributed by atoms with Gasteiger partial charge in [-0.25, -0.2) is 4.39 Å². The molecule has 0 aliphatic rings. The minimum atomic E-state index is -0.295. The van der Waals surface area contributed by atoms with Gasteiger partial charge in [-0.05, 0) is 49.2 Å². The Bertz CT molecular complexity index is 1310. The molecular formula is C26H23Cl2FN4OS. The number of hydrogen-bond acceptors (Lipinski definition) is 4. The molecule has 1 N–H and O–H groups in total. The number of aryl methyl sites for hydroxylation is 1. The Labute approximate surface area is 217 Å². The van der Waals surface area contributed by atoms with Gasteiger partial charge < -0.3 is 5.32 Å². The molecule has 5 nitrogen and oxygen atoms in total. The first-order chi connectivity index (χ1) is 16.9. The average Bonchev–Trinajstić information content (AvgIpc) is 3.27. The number of halogens is 3. The van der Waals surface area contributed by atoms with E-state index in [1.54, 1.807) is 24.3 Å². The topological polar surface area (TPSA) is 59.8 Å². The Morgan fingerprint density at radius 1 is 1.00 bits per heavy atom. The highest BCUT2D eigenvalue weighted by Crippen LogP contribution is 2.31. The third kappa shape index (κ3) is 6.63. The van der Waals surface area contributed by atoms with Crippen LogP contribution in [-0.4, -0.2) is 26.4 Å². The molecule has 4 rings (SSSR count). The summed E-state index contributed by atoms with van der Waals surface area (Å²) in [7, 11) is 0. The summed E-state index contributed by atoms with van der Waals surface area (Å²) in [6, 6.07) is 19.6. The van der Waals surface area contributed by atoms with Crippen LogP contribution < -0.4 is 5.32 Å². The quantitative estimate of drug-likeness (QED) is 0.190. The number of nitrogens with one attached hydrogen (secondary N) is 1. The zero-order valence-corrected chi connectivity index (χ0v) is 21.3. The Balaban J connectivity index is 1.42. The molecule has 3 aromatic carbocycles. The maximum Gasteiger partial charge on any atom is 0.220 e. The zero-order valence-electron chi connectivity index (χ0n) is 19.0. The third-order valence-electron chi connectivity index (χ3n) is 5.29. The lowest BCUT2D eigenvalue weighted by molar-refractivity contribution is -0.121. The second kappa shape index (κ2) is 11.7. The fourth-order valence-corrected chi connectivity index (χ4v) is 4.58. The first-order valence-electron chi connectivity index (χ1n) is 11.0. The number of nitrogens with zero attached hydrogens (tertiary/aromatic N) is 3. The van der Waals surface area contributed by atoms with E-state index in [1.807, 2.05) is 41.8 Å². The second-order valence-corrected chi connectivity index (χ2v) is 9.84. The van der Waals surface area contributed by atoms with E-state index in [0.717, 1.165) is 22.4 Å². The first-order valence-corrected chi connectivity index (χ1v) is 12.8. The molecule has 0 aliphatic carbocycles. The zero-order chi connectivity index (χ0) is 24.8. The summed E-state index contributed by atoms with van der Waals surface area (Å²) < 4.78 is 15.0. The number of hydrogen-bond donors (Lipinski definition) is 1. The molecular weight excluding hydrogens is 506 g/mol. The molecule has 0 aliphatic heterocycles. The van der Waals surface area contributed by atoms with E-state index >= 15 is 0 Å². The van der Waals surface area contributed by atoms with Crippen molar-refractivity contribution in [3.8, 4) is 17.1 Å². The molecule has 1 amide bonds. The fourth-order valence-electron chi connectivity index (χ4n) is 3.40. The van der Waals surface area contributed by atoms with Crippen LogP contribution in [0.2, 0.25) is 10.0 Å². The van der Waals surface area contributed by atoms with Crippen LogP contribution >= 0.6 is 35.0 Å². The van der Waals surface area contributed by atoms with Gasteiger partial charge in [-0.3, -0.25) is 9.36 Å². The highest BCUT2D eigenvalue weighted by Gasteiger charge is 2.17. The lowest BCUT2D eigenvalue weighted by Crippen LogP contribution is -2.22. The van der Waals surface area contributed by atoms with Gasteiger partial charge >= 0.3 is 0 Å². The lowest BCUT2D eigenvalue weighted by Gasteiger charge is -2.11. The molecule has 180 valence electrons. The molecule has 0 saturated heterocycles. The van der Waals surface area contributed by atoms with Crippen molar-refractivity contribution in [2.75, 3.05) is 5.75 Å². The Morgan fingerprint density at radius 2 is 1.74 bits per heavy atom. The van der Waals surface area contributed by atoms with Crippen molar-refractivity contribution in [3.05, 3.63) is 93.7 Å². The average molecular weight is 529 g/mol. The molecule has 1 aromatic heterocycles. The molecule has 0 spiro atoms. The fraction of sp³-hybridized carbons (Fsp3) is 0.192. The SMILES string of the molecule is Cc1ccc(-c2nnc(SCCCC(=O)NCc3ccc(F)cc3)n2-c2ccc(Cl)c(Cl)c2)cc1. The van der Waals surface area contributed by atoms with Crippen LogP contribution in [0.4, 0.5) is 4.39 Å². The molecule has 9 heteroatoms. The molecule has 1 heterocycles. The van der Waals surface area contributed by atoms with Crippen molar-refractivity contribution in [1.29, 1.82) is 0 Å². The Morgan fingerprint density at radius 3 is 2.46 bits per heavy atom. The van der Waals surface area contributed by atoms with Crippen LogP contribution in [0, 0.1) is 12.7 Å². The summed E-state index contributed by atoms with van der Waals surface area (Å²) in [6.07, 6.45) is 1.04. The number of carbonyl (C=O) groups excluding carboxylic acids is 1. The highest BCUT2D eigenvalue weighted by atomic mass is 35.5. The number of rotatable bonds is 9. The molecule has 0 radical (unpaired) electrons. The van der Waals surface area contributed by atoms with Crippen molar-refractivity contribution in [1.82, 2.24) is 20.1 Å². The summed E-state index contributed by atoms with van der Waals surface area (Å²) >= 11 is 13.9. The van der Waals surface area contributed by atoms with Crippen LogP contribution in [0.3, 0.4) is 0 Å². The minimum Gasteiger partial charge on any atom is -0.352 e. The van der Waals surface area contributed by atoms with E-state index in [0.29, 0.717) is 46.2 Å². The van der Waals surface area contributed by atoms with E-state index in [-0.39, 0.29) is 11.7 Å². The van der Waals surface area contributed by atoms with Crippen LogP contribution in [-0.2, 0) is 11.3 Å². The maximum absolute atomic E-state index is 13.0. The van der Waals surface area contributed by atoms with E-state index in [9.17, 15) is 9.18 Å². The van der Waals surface area contributed by atoms with E-state index in [4.69, 9.17) is 23.2 Å². The highest BCUT2D eigenvalue weighted by molar-refractivity contribution is 7.99. The largest absolute Gasteiger partial charge is 0.352 e. The van der Waals surface area contributed by atoms with Crippen molar-refractivity contribution < 1.29 is 9.18 Å². The monoisotopic (exact) mass is 528 g/mol. The summed E-state index contributed by atoms with van der Waals surface area (Å²) in [5.74, 6) is 1.03. The van der Waals surface area contributed by atoms with E-state index in [2.05, 4.69) is 15.5 Å². The Kier molecular flexibility index (Phi) is 8.44. The predicted molar refractivity (Wildman–Crippen MR) is 140 cm³/mol. The Hall–Kier alpha value is -2.87. The second-order valence-electron chi connectivity index (χ2n) is 7.96. The van der Waals surface area contributed by atoms with Crippen molar-refractivity contribution in [2.45, 2.75) is 31.5 Å². The number of carbonyl (C=O) groups is 1. The van der Waals surface area contributed by atoms with E-state index < -0.39 is 0 Å². The summed E-state index contributed by atoms with van der Waals surface area (Å²) in [6.45, 7) is 2.41. The standard InChI is InChI=1S/C26H23Cl2FN4OS/c1-17-4-8-19(9-5-17)25-31-32-26(33(25)21-12-13-22(27)23(28)15-21)35-14-2-3-24(34)30-16-18-6-10-20(29)11-7-18/h4-13,15H,2-3,14,16H2,1H3,(H,30,34). The number of thioether (sulfide) groups is 1. The van der Waals surface area contributed by atoms with Gasteiger partial charge in [0.05, 0.1) is 15.7 Å². The minimum absolute atomic E-state index is 0.0544. The van der Waals surface area contributed by atoms with Gasteiger partial charge in [0.25, 0.3) is 0 Å². The molecule has 0 unspecified atom stereocenters. The van der Waals surface area contributed by atoms with Crippen LogP contribution in [0.5, 0.6) is 0 Å². The van der Waals surface area contributed by atoms with Gasteiger partial charge in [0.2, 0.25) is 5.91 Å². The molecule has 0 saturated carbocycles. The number of aromatic nitrogens is 3. The maximum atomic E-state index is 13.0. The summed E-state index contributed by atoms with van der Waals surface area (Å²) in [5, 5.41) is 13.3. The van der Waals surface area contributed by atoms with Crippen LogP contribution in [0.25, 0.3) is 17.1 Å². The molecule has 4 aromatic rings. The van der Waals surface area contributed by atoms with Crippen LogP contribution in [0.15, 0.2) is 71.9 Å². The number of amides is 1.